The van der Waals surface area contributed by atoms with Crippen LogP contribution >= 0.6 is 11.3 Å². The van der Waals surface area contributed by atoms with Crippen molar-refractivity contribution in [2.45, 2.75) is 44.3 Å². The number of thiophene rings is 1. The van der Waals surface area contributed by atoms with Gasteiger partial charge in [-0.3, -0.25) is 0 Å². The second-order valence-corrected chi connectivity index (χ2v) is 6.75. The average molecular weight is 305 g/mol. The van der Waals surface area contributed by atoms with Gasteiger partial charge >= 0.3 is 0 Å². The summed E-state index contributed by atoms with van der Waals surface area (Å²) >= 11 is 1.75. The number of fused-ring (bicyclic) bond motifs is 1. The molecule has 3 nitrogen and oxygen atoms in total. The van der Waals surface area contributed by atoms with E-state index in [1.54, 1.807) is 11.3 Å². The lowest BCUT2D eigenvalue weighted by Crippen LogP contribution is -2.28. The lowest BCUT2D eigenvalue weighted by Gasteiger charge is -2.23. The normalized spacial score (nSPS) is 18.0. The maximum absolute atomic E-state index is 10.0. The Morgan fingerprint density at radius 3 is 2.95 bits per heavy atom. The molecule has 1 heterocycles. The molecule has 1 aromatic heterocycles. The molecule has 1 atom stereocenters. The van der Waals surface area contributed by atoms with Crippen LogP contribution in [0.3, 0.4) is 0 Å². The van der Waals surface area contributed by atoms with Crippen LogP contribution in [0, 0.1) is 0 Å². The van der Waals surface area contributed by atoms with Gasteiger partial charge in [-0.25, -0.2) is 0 Å². The van der Waals surface area contributed by atoms with E-state index in [0.29, 0.717) is 19.3 Å². The predicted octanol–water partition coefficient (Wildman–Crippen LogP) is 4.02. The molecule has 0 bridgehead atoms. The minimum absolute atomic E-state index is 0.357. The second-order valence-electron chi connectivity index (χ2n) is 5.80. The van der Waals surface area contributed by atoms with Crippen LogP contribution in [-0.4, -0.2) is 30.5 Å². The van der Waals surface area contributed by atoms with Crippen LogP contribution in [0.2, 0.25) is 0 Å². The molecule has 1 aliphatic rings. The Balaban J connectivity index is 1.43. The minimum atomic E-state index is -0.454. The van der Waals surface area contributed by atoms with Crippen LogP contribution < -0.4 is 5.32 Å². The molecule has 0 amide bonds. The molecule has 1 unspecified atom stereocenters. The molecule has 1 aliphatic carbocycles. The highest BCUT2D eigenvalue weighted by atomic mass is 32.1. The summed E-state index contributed by atoms with van der Waals surface area (Å²) in [6, 6.07) is 8.43. The predicted molar refractivity (Wildman–Crippen MR) is 89.1 cm³/mol. The zero-order valence-corrected chi connectivity index (χ0v) is 13.1. The molecule has 0 saturated heterocycles. The van der Waals surface area contributed by atoms with Gasteiger partial charge in [0, 0.05) is 16.9 Å². The summed E-state index contributed by atoms with van der Waals surface area (Å²) in [5, 5.41) is 16.7. The van der Waals surface area contributed by atoms with E-state index >= 15 is 0 Å². The van der Waals surface area contributed by atoms with E-state index in [9.17, 15) is 5.11 Å². The van der Waals surface area contributed by atoms with Crippen molar-refractivity contribution in [2.75, 3.05) is 18.5 Å². The Hall–Kier alpha value is -1.10. The smallest absolute Gasteiger partial charge is 0.0945 e. The van der Waals surface area contributed by atoms with Crippen molar-refractivity contribution >= 4 is 27.1 Å². The van der Waals surface area contributed by atoms with Crippen LogP contribution in [0.1, 0.15) is 32.1 Å². The third-order valence-corrected chi connectivity index (χ3v) is 4.97. The lowest BCUT2D eigenvalue weighted by molar-refractivity contribution is -0.0195. The van der Waals surface area contributed by atoms with Gasteiger partial charge in [0.2, 0.25) is 0 Å². The number of aliphatic hydroxyl groups excluding tert-OH is 1. The summed E-state index contributed by atoms with van der Waals surface area (Å²) in [4.78, 5) is 0. The summed E-state index contributed by atoms with van der Waals surface area (Å²) in [5.74, 6) is 0. The Labute approximate surface area is 129 Å². The van der Waals surface area contributed by atoms with Gasteiger partial charge in [0.15, 0.2) is 0 Å². The van der Waals surface area contributed by atoms with E-state index in [2.05, 4.69) is 35.0 Å². The molecule has 0 aliphatic heterocycles. The fourth-order valence-corrected chi connectivity index (χ4v) is 3.62. The fraction of sp³-hybridized carbons (Fsp3) is 0.529. The van der Waals surface area contributed by atoms with Crippen LogP contribution in [0.4, 0.5) is 5.69 Å². The molecular weight excluding hydrogens is 282 g/mol. The van der Waals surface area contributed by atoms with Crippen LogP contribution in [-0.2, 0) is 4.74 Å². The van der Waals surface area contributed by atoms with Crippen molar-refractivity contribution in [3.05, 3.63) is 29.6 Å². The third kappa shape index (κ3) is 4.19. The zero-order valence-electron chi connectivity index (χ0n) is 12.3. The minimum Gasteiger partial charge on any atom is -0.389 e. The highest BCUT2D eigenvalue weighted by Gasteiger charge is 2.15. The largest absolute Gasteiger partial charge is 0.389 e. The Kier molecular flexibility index (Phi) is 5.12. The number of benzene rings is 1. The quantitative estimate of drug-likeness (QED) is 0.847. The van der Waals surface area contributed by atoms with Crippen molar-refractivity contribution in [3.63, 3.8) is 0 Å². The summed E-state index contributed by atoms with van der Waals surface area (Å²) < 4.78 is 7.10. The molecular formula is C17H23NO2S. The molecule has 2 aromatic rings. The highest BCUT2D eigenvalue weighted by molar-refractivity contribution is 7.17. The Morgan fingerprint density at radius 2 is 2.10 bits per heavy atom. The monoisotopic (exact) mass is 305 g/mol. The van der Waals surface area contributed by atoms with E-state index < -0.39 is 6.10 Å². The third-order valence-electron chi connectivity index (χ3n) is 4.07. The van der Waals surface area contributed by atoms with E-state index in [1.807, 2.05) is 0 Å². The summed E-state index contributed by atoms with van der Waals surface area (Å²) in [5.41, 5.74) is 1.05. The number of hydrogen-bond donors (Lipinski definition) is 2. The van der Waals surface area contributed by atoms with Crippen LogP contribution in [0.15, 0.2) is 29.6 Å². The molecule has 1 saturated carbocycles. The Bertz CT molecular complexity index is 563. The molecule has 0 radical (unpaired) electrons. The summed E-state index contributed by atoms with van der Waals surface area (Å²) in [6.45, 7) is 0.959. The zero-order chi connectivity index (χ0) is 14.5. The molecule has 3 rings (SSSR count). The molecule has 2 N–H and O–H groups in total. The van der Waals surface area contributed by atoms with Gasteiger partial charge in [-0.2, -0.15) is 0 Å². The first-order valence-electron chi connectivity index (χ1n) is 7.82. The van der Waals surface area contributed by atoms with Gasteiger partial charge in [-0.05, 0) is 47.9 Å². The van der Waals surface area contributed by atoms with Crippen LogP contribution in [0.25, 0.3) is 10.1 Å². The van der Waals surface area contributed by atoms with Crippen LogP contribution in [0.5, 0.6) is 0 Å². The first-order valence-corrected chi connectivity index (χ1v) is 8.70. The number of anilines is 1. The SMILES string of the molecule is OC(CNc1ccc2sccc2c1)COC1CCCCC1. The molecule has 1 fully saturated rings. The average Bonchev–Trinajstić information content (AvgIpc) is 2.99. The van der Waals surface area contributed by atoms with Crippen molar-refractivity contribution in [1.82, 2.24) is 0 Å². The second kappa shape index (κ2) is 7.25. The van der Waals surface area contributed by atoms with Crippen molar-refractivity contribution in [2.24, 2.45) is 0 Å². The summed E-state index contributed by atoms with van der Waals surface area (Å²) in [6.07, 6.45) is 6.05. The topological polar surface area (TPSA) is 41.5 Å². The first-order chi connectivity index (χ1) is 10.3. The van der Waals surface area contributed by atoms with Gasteiger partial charge in [-0.15, -0.1) is 11.3 Å². The van der Waals surface area contributed by atoms with E-state index in [-0.39, 0.29) is 0 Å². The summed E-state index contributed by atoms with van der Waals surface area (Å²) in [7, 11) is 0. The number of hydrogen-bond acceptors (Lipinski definition) is 4. The van der Waals surface area contributed by atoms with Gasteiger partial charge in [0.1, 0.15) is 0 Å². The van der Waals surface area contributed by atoms with E-state index in [0.717, 1.165) is 18.5 Å². The molecule has 21 heavy (non-hydrogen) atoms. The van der Waals surface area contributed by atoms with Gasteiger partial charge < -0.3 is 15.2 Å². The van der Waals surface area contributed by atoms with Crippen molar-refractivity contribution in [1.29, 1.82) is 0 Å². The maximum Gasteiger partial charge on any atom is 0.0945 e. The highest BCUT2D eigenvalue weighted by Crippen LogP contribution is 2.24. The maximum atomic E-state index is 10.0. The number of aliphatic hydroxyl groups is 1. The first kappa shape index (κ1) is 14.8. The van der Waals surface area contributed by atoms with E-state index in [1.165, 1.54) is 29.3 Å². The van der Waals surface area contributed by atoms with E-state index in [4.69, 9.17) is 4.74 Å². The lowest BCUT2D eigenvalue weighted by atomic mass is 9.98. The fourth-order valence-electron chi connectivity index (χ4n) is 2.85. The van der Waals surface area contributed by atoms with Crippen molar-refractivity contribution < 1.29 is 9.84 Å². The molecule has 114 valence electrons. The molecule has 0 spiro atoms. The van der Waals surface area contributed by atoms with Gasteiger partial charge in [0.25, 0.3) is 0 Å². The number of ether oxygens (including phenoxy) is 1. The number of nitrogens with one attached hydrogen (secondary N) is 1. The Morgan fingerprint density at radius 1 is 1.24 bits per heavy atom. The standard InChI is InChI=1S/C17H23NO2S/c19-15(12-20-16-4-2-1-3-5-16)11-18-14-6-7-17-13(10-14)8-9-21-17/h6-10,15-16,18-19H,1-5,11-12H2. The van der Waals surface area contributed by atoms with Gasteiger partial charge in [0.05, 0.1) is 18.8 Å². The van der Waals surface area contributed by atoms with Crippen molar-refractivity contribution in [3.8, 4) is 0 Å². The molecule has 1 aromatic carbocycles. The van der Waals surface area contributed by atoms with Gasteiger partial charge in [-0.1, -0.05) is 19.3 Å². The molecule has 4 heteroatoms. The number of rotatable bonds is 6.